The van der Waals surface area contributed by atoms with Crippen molar-refractivity contribution in [1.82, 2.24) is 29.0 Å². The number of likely N-dealkylation sites (N-methyl/N-ethyl adjacent to an activating group) is 1. The maximum absolute atomic E-state index is 13.5. The third-order valence-electron chi connectivity index (χ3n) is 5.10. The Labute approximate surface area is 161 Å². The predicted molar refractivity (Wildman–Crippen MR) is 105 cm³/mol. The van der Waals surface area contributed by atoms with Crippen LogP contribution < -0.4 is 5.32 Å². The van der Waals surface area contributed by atoms with E-state index in [4.69, 9.17) is 10.1 Å². The van der Waals surface area contributed by atoms with Crippen LogP contribution in [0.2, 0.25) is 0 Å². The van der Waals surface area contributed by atoms with Crippen molar-refractivity contribution < 1.29 is 4.39 Å². The van der Waals surface area contributed by atoms with Crippen molar-refractivity contribution in [3.8, 4) is 22.6 Å². The van der Waals surface area contributed by atoms with Gasteiger partial charge in [-0.15, -0.1) is 0 Å². The van der Waals surface area contributed by atoms with Crippen molar-refractivity contribution in [3.05, 3.63) is 54.2 Å². The minimum atomic E-state index is -0.258. The largest absolute Gasteiger partial charge is 0.372 e. The highest BCUT2D eigenvalue weighted by molar-refractivity contribution is 5.77. The molecule has 3 aromatic heterocycles. The second-order valence-corrected chi connectivity index (χ2v) is 7.02. The summed E-state index contributed by atoms with van der Waals surface area (Å²) in [5.41, 5.74) is 4.25. The Hall–Kier alpha value is -3.26. The van der Waals surface area contributed by atoms with Gasteiger partial charge in [0.1, 0.15) is 23.2 Å². The SMILES string of the molecule is CNc1cn2nc(-c3c(-c4ccc(F)cc4)nc4n3CCN(C)C4)ccc2n1. The highest BCUT2D eigenvalue weighted by Crippen LogP contribution is 2.33. The third-order valence-corrected chi connectivity index (χ3v) is 5.10. The Kier molecular flexibility index (Phi) is 3.87. The number of fused-ring (bicyclic) bond motifs is 2. The number of anilines is 1. The smallest absolute Gasteiger partial charge is 0.156 e. The standard InChI is InChI=1S/C20H20FN7/c1-22-16-11-28-17(23-16)8-7-15(25-28)20-19(13-3-5-14(21)6-4-13)24-18-12-26(2)9-10-27(18)20/h3-8,11,22H,9-10,12H2,1-2H3. The van der Waals surface area contributed by atoms with Crippen molar-refractivity contribution in [1.29, 1.82) is 0 Å². The highest BCUT2D eigenvalue weighted by Gasteiger charge is 2.25. The molecule has 5 rings (SSSR count). The van der Waals surface area contributed by atoms with Crippen LogP contribution in [0.25, 0.3) is 28.3 Å². The fraction of sp³-hybridized carbons (Fsp3) is 0.250. The molecule has 0 spiro atoms. The first-order chi connectivity index (χ1) is 13.6. The van der Waals surface area contributed by atoms with Crippen molar-refractivity contribution in [2.24, 2.45) is 0 Å². The van der Waals surface area contributed by atoms with Gasteiger partial charge in [0.25, 0.3) is 0 Å². The molecule has 8 heteroatoms. The lowest BCUT2D eigenvalue weighted by atomic mass is 10.1. The van der Waals surface area contributed by atoms with Gasteiger partial charge in [-0.2, -0.15) is 5.10 Å². The highest BCUT2D eigenvalue weighted by atomic mass is 19.1. The number of aromatic nitrogens is 5. The molecular formula is C20H20FN7. The molecule has 0 atom stereocenters. The lowest BCUT2D eigenvalue weighted by Crippen LogP contribution is -2.30. The molecule has 0 saturated carbocycles. The number of hydrogen-bond donors (Lipinski definition) is 1. The first kappa shape index (κ1) is 16.9. The van der Waals surface area contributed by atoms with Crippen LogP contribution in [0.5, 0.6) is 0 Å². The summed E-state index contributed by atoms with van der Waals surface area (Å²) in [4.78, 5) is 11.6. The van der Waals surface area contributed by atoms with Crippen LogP contribution in [0, 0.1) is 5.82 Å². The van der Waals surface area contributed by atoms with Gasteiger partial charge in [-0.25, -0.2) is 18.9 Å². The van der Waals surface area contributed by atoms with Gasteiger partial charge in [-0.3, -0.25) is 4.90 Å². The molecule has 1 aliphatic heterocycles. The van der Waals surface area contributed by atoms with Gasteiger partial charge in [0.2, 0.25) is 0 Å². The molecule has 0 aliphatic carbocycles. The second kappa shape index (κ2) is 6.42. The Bertz CT molecular complexity index is 1160. The van der Waals surface area contributed by atoms with Gasteiger partial charge in [-0.05, 0) is 43.4 Å². The first-order valence-corrected chi connectivity index (χ1v) is 9.21. The molecule has 7 nitrogen and oxygen atoms in total. The van der Waals surface area contributed by atoms with Crippen molar-refractivity contribution >= 4 is 11.5 Å². The fourth-order valence-electron chi connectivity index (χ4n) is 3.65. The Morgan fingerprint density at radius 3 is 2.64 bits per heavy atom. The molecule has 0 amide bonds. The van der Waals surface area contributed by atoms with Crippen molar-refractivity contribution in [2.45, 2.75) is 13.1 Å². The number of halogens is 1. The van der Waals surface area contributed by atoms with E-state index in [1.54, 1.807) is 16.6 Å². The zero-order chi connectivity index (χ0) is 19.3. The monoisotopic (exact) mass is 377 g/mol. The maximum atomic E-state index is 13.5. The van der Waals surface area contributed by atoms with Crippen LogP contribution in [0.4, 0.5) is 10.2 Å². The molecule has 1 aliphatic rings. The van der Waals surface area contributed by atoms with Gasteiger partial charge in [0, 0.05) is 25.7 Å². The minimum Gasteiger partial charge on any atom is -0.372 e. The summed E-state index contributed by atoms with van der Waals surface area (Å²) in [7, 11) is 3.92. The molecule has 1 aromatic carbocycles. The molecule has 0 saturated heterocycles. The van der Waals surface area contributed by atoms with Crippen LogP contribution in [-0.4, -0.2) is 49.7 Å². The average molecular weight is 377 g/mol. The van der Waals surface area contributed by atoms with E-state index in [0.29, 0.717) is 0 Å². The maximum Gasteiger partial charge on any atom is 0.156 e. The predicted octanol–water partition coefficient (Wildman–Crippen LogP) is 2.89. The van der Waals surface area contributed by atoms with E-state index in [0.717, 1.165) is 59.6 Å². The summed E-state index contributed by atoms with van der Waals surface area (Å²) in [6.45, 7) is 2.54. The Morgan fingerprint density at radius 1 is 1.04 bits per heavy atom. The van der Waals surface area contributed by atoms with E-state index in [9.17, 15) is 4.39 Å². The minimum absolute atomic E-state index is 0.258. The normalized spacial score (nSPS) is 14.4. The number of nitrogens with one attached hydrogen (secondary N) is 1. The third kappa shape index (κ3) is 2.73. The van der Waals surface area contributed by atoms with Crippen LogP contribution in [0.3, 0.4) is 0 Å². The summed E-state index contributed by atoms with van der Waals surface area (Å²) in [5, 5.41) is 7.82. The lowest BCUT2D eigenvalue weighted by Gasteiger charge is -2.24. The summed E-state index contributed by atoms with van der Waals surface area (Å²) < 4.78 is 17.4. The van der Waals surface area contributed by atoms with Crippen LogP contribution >= 0.6 is 0 Å². The van der Waals surface area contributed by atoms with Crippen molar-refractivity contribution in [3.63, 3.8) is 0 Å². The molecule has 28 heavy (non-hydrogen) atoms. The summed E-state index contributed by atoms with van der Waals surface area (Å²) >= 11 is 0. The Balaban J connectivity index is 1.72. The first-order valence-electron chi connectivity index (χ1n) is 9.21. The summed E-state index contributed by atoms with van der Waals surface area (Å²) in [6.07, 6.45) is 1.86. The molecule has 142 valence electrons. The Morgan fingerprint density at radius 2 is 1.86 bits per heavy atom. The molecule has 1 N–H and O–H groups in total. The molecule has 0 fully saturated rings. The van der Waals surface area contributed by atoms with E-state index >= 15 is 0 Å². The molecular weight excluding hydrogens is 357 g/mol. The number of rotatable bonds is 3. The number of nitrogens with zero attached hydrogens (tertiary/aromatic N) is 6. The van der Waals surface area contributed by atoms with E-state index in [2.05, 4.69) is 26.8 Å². The number of imidazole rings is 2. The zero-order valence-electron chi connectivity index (χ0n) is 15.7. The number of benzene rings is 1. The van der Waals surface area contributed by atoms with E-state index in [1.807, 2.05) is 25.4 Å². The molecule has 4 heterocycles. The molecule has 0 unspecified atom stereocenters. The van der Waals surface area contributed by atoms with Gasteiger partial charge >= 0.3 is 0 Å². The van der Waals surface area contributed by atoms with Crippen LogP contribution in [0.1, 0.15) is 5.82 Å². The topological polar surface area (TPSA) is 63.3 Å². The second-order valence-electron chi connectivity index (χ2n) is 7.02. The van der Waals surface area contributed by atoms with Crippen molar-refractivity contribution in [2.75, 3.05) is 26.0 Å². The van der Waals surface area contributed by atoms with Gasteiger partial charge in [0.05, 0.1) is 24.1 Å². The van der Waals surface area contributed by atoms with Gasteiger partial charge in [-0.1, -0.05) is 0 Å². The van der Waals surface area contributed by atoms with E-state index in [-0.39, 0.29) is 5.82 Å². The lowest BCUT2D eigenvalue weighted by molar-refractivity contribution is 0.265. The zero-order valence-corrected chi connectivity index (χ0v) is 15.7. The summed E-state index contributed by atoms with van der Waals surface area (Å²) in [6, 6.07) is 10.4. The molecule has 0 radical (unpaired) electrons. The van der Waals surface area contributed by atoms with E-state index < -0.39 is 0 Å². The quantitative estimate of drug-likeness (QED) is 0.595. The number of hydrogen-bond acceptors (Lipinski definition) is 5. The van der Waals surface area contributed by atoms with Gasteiger partial charge < -0.3 is 9.88 Å². The van der Waals surface area contributed by atoms with E-state index in [1.165, 1.54) is 12.1 Å². The average Bonchev–Trinajstić information content (AvgIpc) is 3.28. The fourth-order valence-corrected chi connectivity index (χ4v) is 3.65. The summed E-state index contributed by atoms with van der Waals surface area (Å²) in [5.74, 6) is 1.50. The van der Waals surface area contributed by atoms with Crippen LogP contribution in [-0.2, 0) is 13.1 Å². The molecule has 4 aromatic rings. The van der Waals surface area contributed by atoms with Gasteiger partial charge in [0.15, 0.2) is 5.65 Å². The van der Waals surface area contributed by atoms with Crippen LogP contribution in [0.15, 0.2) is 42.6 Å². The molecule has 0 bridgehead atoms.